The second-order valence-electron chi connectivity index (χ2n) is 4.13. The average molecular weight is 271 g/mol. The third-order valence-electron chi connectivity index (χ3n) is 3.06. The van der Waals surface area contributed by atoms with E-state index in [0.29, 0.717) is 12.5 Å². The van der Waals surface area contributed by atoms with Gasteiger partial charge in [-0.05, 0) is 13.5 Å². The van der Waals surface area contributed by atoms with E-state index < -0.39 is 28.3 Å². The van der Waals surface area contributed by atoms with Crippen molar-refractivity contribution in [3.05, 3.63) is 33.9 Å². The highest BCUT2D eigenvalue weighted by atomic mass is 19.1. The van der Waals surface area contributed by atoms with Gasteiger partial charge in [0.2, 0.25) is 11.7 Å². The van der Waals surface area contributed by atoms with E-state index in [1.165, 1.54) is 0 Å². The minimum atomic E-state index is -1.26. The molecule has 1 atom stereocenters. The summed E-state index contributed by atoms with van der Waals surface area (Å²) in [6.07, 6.45) is 0.458. The third-order valence-corrected chi connectivity index (χ3v) is 3.06. The molecule has 8 heteroatoms. The maximum absolute atomic E-state index is 13.7. The molecule has 1 fully saturated rings. The molecule has 0 aromatic heterocycles. The lowest BCUT2D eigenvalue weighted by Gasteiger charge is -2.17. The van der Waals surface area contributed by atoms with E-state index >= 15 is 0 Å². The molecule has 1 aromatic rings. The fourth-order valence-electron chi connectivity index (χ4n) is 2.06. The first-order valence-electron chi connectivity index (χ1n) is 5.57. The Morgan fingerprint density at radius 3 is 2.63 bits per heavy atom. The van der Waals surface area contributed by atoms with Crippen LogP contribution in [0.4, 0.5) is 20.2 Å². The van der Waals surface area contributed by atoms with Gasteiger partial charge in [0.05, 0.1) is 16.7 Å². The van der Waals surface area contributed by atoms with Crippen molar-refractivity contribution in [2.24, 2.45) is 0 Å². The van der Waals surface area contributed by atoms with Gasteiger partial charge in [0.15, 0.2) is 0 Å². The van der Waals surface area contributed by atoms with Crippen LogP contribution >= 0.6 is 0 Å². The van der Waals surface area contributed by atoms with Gasteiger partial charge in [-0.3, -0.25) is 14.9 Å². The summed E-state index contributed by atoms with van der Waals surface area (Å²) in [4.78, 5) is 22.7. The van der Waals surface area contributed by atoms with Crippen LogP contribution in [0.15, 0.2) is 12.1 Å². The predicted molar refractivity (Wildman–Crippen MR) is 62.8 cm³/mol. The number of carbonyl (C=O) groups is 1. The van der Waals surface area contributed by atoms with Crippen molar-refractivity contribution in [1.29, 1.82) is 0 Å². The van der Waals surface area contributed by atoms with Crippen molar-refractivity contribution >= 4 is 17.3 Å². The number of nitrogens with zero attached hydrogens (tertiary/aromatic N) is 2. The Morgan fingerprint density at radius 1 is 1.42 bits per heavy atom. The van der Waals surface area contributed by atoms with Crippen molar-refractivity contribution in [3.8, 4) is 0 Å². The van der Waals surface area contributed by atoms with Gasteiger partial charge in [0.25, 0.3) is 0 Å². The minimum Gasteiger partial charge on any atom is -0.309 e. The maximum Gasteiger partial charge on any atom is 0.307 e. The molecule has 1 heterocycles. The molecule has 1 amide bonds. The Bertz CT molecular complexity index is 550. The van der Waals surface area contributed by atoms with Crippen LogP contribution in [0.3, 0.4) is 0 Å². The number of nitro groups is 1. The van der Waals surface area contributed by atoms with E-state index in [-0.39, 0.29) is 18.1 Å². The first-order chi connectivity index (χ1) is 8.95. The summed E-state index contributed by atoms with van der Waals surface area (Å²) >= 11 is 0. The Balaban J connectivity index is 2.43. The number of rotatable bonds is 3. The summed E-state index contributed by atoms with van der Waals surface area (Å²) in [5.41, 5.74) is -1.12. The van der Waals surface area contributed by atoms with Crippen LogP contribution in [0.2, 0.25) is 0 Å². The van der Waals surface area contributed by atoms with Crippen molar-refractivity contribution in [2.75, 3.05) is 18.5 Å². The van der Waals surface area contributed by atoms with Gasteiger partial charge in [0, 0.05) is 18.7 Å². The van der Waals surface area contributed by atoms with Crippen LogP contribution in [0.5, 0.6) is 0 Å². The zero-order valence-electron chi connectivity index (χ0n) is 10.0. The molecule has 1 aliphatic rings. The summed E-state index contributed by atoms with van der Waals surface area (Å²) in [6, 6.07) is 0.720. The van der Waals surface area contributed by atoms with Crippen molar-refractivity contribution < 1.29 is 18.5 Å². The maximum atomic E-state index is 13.7. The molecule has 0 spiro atoms. The van der Waals surface area contributed by atoms with Crippen LogP contribution in [0.1, 0.15) is 6.42 Å². The molecule has 2 rings (SSSR count). The molecule has 0 bridgehead atoms. The summed E-state index contributed by atoms with van der Waals surface area (Å²) < 4.78 is 26.9. The number of likely N-dealkylation sites (N-methyl/N-ethyl adjacent to an activating group) is 1. The van der Waals surface area contributed by atoms with Crippen LogP contribution in [-0.2, 0) is 4.79 Å². The molecular weight excluding hydrogens is 260 g/mol. The predicted octanol–water partition coefficient (Wildman–Crippen LogP) is 1.20. The van der Waals surface area contributed by atoms with E-state index in [4.69, 9.17) is 0 Å². The fourth-order valence-corrected chi connectivity index (χ4v) is 2.06. The zero-order valence-corrected chi connectivity index (χ0v) is 10.0. The summed E-state index contributed by atoms with van der Waals surface area (Å²) in [7, 11) is 1.59. The van der Waals surface area contributed by atoms with E-state index in [9.17, 15) is 23.7 Å². The number of carbonyl (C=O) groups excluding carboxylic acids is 1. The molecular formula is C11H11F2N3O3. The van der Waals surface area contributed by atoms with Gasteiger partial charge < -0.3 is 10.2 Å². The molecule has 6 nitrogen and oxygen atoms in total. The fraction of sp³-hybridized carbons (Fsp3) is 0.364. The van der Waals surface area contributed by atoms with Crippen molar-refractivity contribution in [1.82, 2.24) is 5.32 Å². The van der Waals surface area contributed by atoms with Crippen molar-refractivity contribution in [3.63, 3.8) is 0 Å². The number of benzene rings is 1. The summed E-state index contributed by atoms with van der Waals surface area (Å²) in [6.45, 7) is 0.226. The van der Waals surface area contributed by atoms with Crippen LogP contribution < -0.4 is 10.2 Å². The Hall–Kier alpha value is -2.09. The number of hydrogen-bond donors (Lipinski definition) is 1. The SMILES string of the molecule is CNC1CCN(c2cc([N+](=O)[O-])c(F)cc2F)C1=O. The molecule has 1 aromatic carbocycles. The highest BCUT2D eigenvalue weighted by Crippen LogP contribution is 2.30. The summed E-state index contributed by atoms with van der Waals surface area (Å²) in [5.74, 6) is -2.64. The number of nitrogens with one attached hydrogen (secondary N) is 1. The molecule has 1 unspecified atom stereocenters. The molecule has 0 saturated carbocycles. The van der Waals surface area contributed by atoms with Crippen molar-refractivity contribution in [2.45, 2.75) is 12.5 Å². The molecule has 19 heavy (non-hydrogen) atoms. The Labute approximate surface area is 107 Å². The van der Waals surface area contributed by atoms with Gasteiger partial charge in [-0.2, -0.15) is 4.39 Å². The molecule has 102 valence electrons. The summed E-state index contributed by atoms with van der Waals surface area (Å²) in [5, 5.41) is 13.4. The minimum absolute atomic E-state index is 0.226. The first-order valence-corrected chi connectivity index (χ1v) is 5.57. The number of nitro benzene ring substituents is 1. The molecule has 0 aliphatic carbocycles. The van der Waals surface area contributed by atoms with Gasteiger partial charge in [0.1, 0.15) is 5.82 Å². The quantitative estimate of drug-likeness (QED) is 0.662. The smallest absolute Gasteiger partial charge is 0.307 e. The van der Waals surface area contributed by atoms with E-state index in [1.54, 1.807) is 7.05 Å². The van der Waals surface area contributed by atoms with E-state index in [0.717, 1.165) is 11.0 Å². The second-order valence-corrected chi connectivity index (χ2v) is 4.13. The average Bonchev–Trinajstić information content (AvgIpc) is 2.70. The highest BCUT2D eigenvalue weighted by molar-refractivity contribution is 5.99. The molecule has 1 N–H and O–H groups in total. The van der Waals surface area contributed by atoms with Gasteiger partial charge >= 0.3 is 5.69 Å². The van der Waals surface area contributed by atoms with E-state index in [1.807, 2.05) is 0 Å². The van der Waals surface area contributed by atoms with Gasteiger partial charge in [-0.15, -0.1) is 0 Å². The first kappa shape index (κ1) is 13.3. The molecule has 1 saturated heterocycles. The number of halogens is 2. The number of amides is 1. The number of anilines is 1. The lowest BCUT2D eigenvalue weighted by Crippen LogP contribution is -2.36. The Morgan fingerprint density at radius 2 is 2.11 bits per heavy atom. The standard InChI is InChI=1S/C11H11F2N3O3/c1-14-8-2-3-15(11(8)17)9-5-10(16(18)19)7(13)4-6(9)12/h4-5,8,14H,2-3H2,1H3. The third kappa shape index (κ3) is 2.26. The highest BCUT2D eigenvalue weighted by Gasteiger charge is 2.34. The van der Waals surface area contributed by atoms with Gasteiger partial charge in [-0.25, -0.2) is 4.39 Å². The van der Waals surface area contributed by atoms with Gasteiger partial charge in [-0.1, -0.05) is 0 Å². The zero-order chi connectivity index (χ0) is 14.2. The number of hydrogen-bond acceptors (Lipinski definition) is 4. The lowest BCUT2D eigenvalue weighted by atomic mass is 10.2. The molecule has 1 aliphatic heterocycles. The van der Waals surface area contributed by atoms with Crippen LogP contribution in [-0.4, -0.2) is 30.5 Å². The largest absolute Gasteiger partial charge is 0.309 e. The normalized spacial score (nSPS) is 19.0. The monoisotopic (exact) mass is 271 g/mol. The Kier molecular flexibility index (Phi) is 3.43. The van der Waals surface area contributed by atoms with Crippen LogP contribution in [0, 0.1) is 21.7 Å². The van der Waals surface area contributed by atoms with E-state index in [2.05, 4.69) is 5.32 Å². The lowest BCUT2D eigenvalue weighted by molar-refractivity contribution is -0.387. The second kappa shape index (κ2) is 4.88. The molecule has 0 radical (unpaired) electrons. The topological polar surface area (TPSA) is 75.5 Å². The van der Waals surface area contributed by atoms with Crippen LogP contribution in [0.25, 0.3) is 0 Å².